The fourth-order valence-corrected chi connectivity index (χ4v) is 1.23. The lowest BCUT2D eigenvalue weighted by atomic mass is 10.4. The van der Waals surface area contributed by atoms with Crippen molar-refractivity contribution in [1.29, 1.82) is 0 Å². The second-order valence-corrected chi connectivity index (χ2v) is 3.84. The van der Waals surface area contributed by atoms with Crippen molar-refractivity contribution in [3.05, 3.63) is 24.3 Å². The van der Waals surface area contributed by atoms with Crippen LogP contribution in [0.4, 0.5) is 0 Å². The van der Waals surface area contributed by atoms with E-state index in [1.165, 1.54) is 24.3 Å². The normalized spacial score (nSPS) is 11.4. The lowest BCUT2D eigenvalue weighted by molar-refractivity contribution is 0.483. The molecule has 1 radical (unpaired) electrons. The summed E-state index contributed by atoms with van der Waals surface area (Å²) in [6, 6.07) is 5.41. The van der Waals surface area contributed by atoms with Gasteiger partial charge in [-0.2, -0.15) is 8.42 Å². The van der Waals surface area contributed by atoms with Crippen LogP contribution in [0.3, 0.4) is 0 Å². The fraction of sp³-hybridized carbons (Fsp3) is 0. The van der Waals surface area contributed by atoms with E-state index in [1.807, 2.05) is 0 Å². The van der Waals surface area contributed by atoms with Crippen LogP contribution in [0.2, 0.25) is 0 Å². The van der Waals surface area contributed by atoms with Gasteiger partial charge in [-0.1, -0.05) is 12.6 Å². The van der Waals surface area contributed by atoms with Gasteiger partial charge in [0.05, 0.1) is 4.90 Å². The molecule has 5 heteroatoms. The molecule has 0 bridgehead atoms. The molecule has 11 heavy (non-hydrogen) atoms. The summed E-state index contributed by atoms with van der Waals surface area (Å²) >= 11 is 4.72. The number of benzene rings is 1. The van der Waals surface area contributed by atoms with Gasteiger partial charge in [-0.15, -0.1) is 0 Å². The van der Waals surface area contributed by atoms with E-state index in [4.69, 9.17) is 17.2 Å². The van der Waals surface area contributed by atoms with Gasteiger partial charge in [0.1, 0.15) is 0 Å². The molecule has 0 aliphatic carbocycles. The fourth-order valence-electron chi connectivity index (χ4n) is 0.612. The van der Waals surface area contributed by atoms with Gasteiger partial charge in [0, 0.05) is 4.90 Å². The Labute approximate surface area is 70.2 Å². The van der Waals surface area contributed by atoms with E-state index in [9.17, 15) is 8.42 Å². The van der Waals surface area contributed by atoms with E-state index in [2.05, 4.69) is 0 Å². The summed E-state index contributed by atoms with van der Waals surface area (Å²) in [6.07, 6.45) is 0. The van der Waals surface area contributed by atoms with Crippen LogP contribution in [-0.2, 0) is 10.1 Å². The van der Waals surface area contributed by atoms with Crippen molar-refractivity contribution in [2.24, 2.45) is 0 Å². The molecular weight excluding hydrogens is 184 g/mol. The highest BCUT2D eigenvalue weighted by Crippen LogP contribution is 2.11. The van der Waals surface area contributed by atoms with Crippen LogP contribution in [-0.4, -0.2) is 13.0 Å². The molecule has 1 aromatic carbocycles. The minimum absolute atomic E-state index is 0.133. The molecule has 0 aromatic heterocycles. The molecule has 0 spiro atoms. The second kappa shape index (κ2) is 2.77. The smallest absolute Gasteiger partial charge is 0.282 e. The topological polar surface area (TPSA) is 54.4 Å². The van der Waals surface area contributed by atoms with Crippen LogP contribution in [0, 0.1) is 0 Å². The van der Waals surface area contributed by atoms with Gasteiger partial charge in [0.15, 0.2) is 0 Å². The first-order valence-electron chi connectivity index (χ1n) is 2.75. The van der Waals surface area contributed by atoms with Gasteiger partial charge in [0.2, 0.25) is 0 Å². The maximum absolute atomic E-state index is 10.5. The third-order valence-corrected chi connectivity index (χ3v) is 2.26. The Morgan fingerprint density at radius 1 is 1.18 bits per heavy atom. The molecule has 0 saturated carbocycles. The summed E-state index contributed by atoms with van der Waals surface area (Å²) in [7, 11) is -4.07. The average molecular weight is 189 g/mol. The molecule has 0 amide bonds. The standard InChI is InChI=1S/C6H5O3S2/c7-11(8,9)6-3-1-5(10)2-4-6/h1-4H,(H,7,8,9). The predicted octanol–water partition coefficient (Wildman–Crippen LogP) is 1.49. The van der Waals surface area contributed by atoms with Crippen molar-refractivity contribution in [2.75, 3.05) is 0 Å². The van der Waals surface area contributed by atoms with E-state index in [0.29, 0.717) is 4.90 Å². The second-order valence-electron chi connectivity index (χ2n) is 1.95. The Morgan fingerprint density at radius 2 is 1.64 bits per heavy atom. The van der Waals surface area contributed by atoms with Crippen molar-refractivity contribution in [2.45, 2.75) is 9.79 Å². The van der Waals surface area contributed by atoms with Crippen LogP contribution in [0.1, 0.15) is 0 Å². The SMILES string of the molecule is O=S(=O)(O)c1ccc([S])cc1. The Bertz CT molecular complexity index is 339. The number of rotatable bonds is 1. The van der Waals surface area contributed by atoms with Crippen molar-refractivity contribution in [3.8, 4) is 0 Å². The number of hydrogen-bond donors (Lipinski definition) is 1. The van der Waals surface area contributed by atoms with Crippen LogP contribution in [0.5, 0.6) is 0 Å². The van der Waals surface area contributed by atoms with Gasteiger partial charge >= 0.3 is 0 Å². The van der Waals surface area contributed by atoms with Crippen molar-refractivity contribution >= 4 is 22.7 Å². The summed E-state index contributed by atoms with van der Waals surface area (Å²) in [5, 5.41) is 0. The molecule has 0 aliphatic heterocycles. The zero-order valence-corrected chi connectivity index (χ0v) is 7.02. The van der Waals surface area contributed by atoms with Crippen LogP contribution in [0.25, 0.3) is 0 Å². The van der Waals surface area contributed by atoms with E-state index in [-0.39, 0.29) is 4.90 Å². The van der Waals surface area contributed by atoms with Gasteiger partial charge < -0.3 is 0 Å². The van der Waals surface area contributed by atoms with Gasteiger partial charge in [-0.25, -0.2) is 0 Å². The maximum Gasteiger partial charge on any atom is 0.294 e. The lowest BCUT2D eigenvalue weighted by Gasteiger charge is -1.94. The third kappa shape index (κ3) is 2.14. The zero-order valence-electron chi connectivity index (χ0n) is 5.39. The summed E-state index contributed by atoms with van der Waals surface area (Å²) in [4.78, 5) is 0.406. The summed E-state index contributed by atoms with van der Waals surface area (Å²) < 4.78 is 29.4. The first-order chi connectivity index (χ1) is 5.00. The van der Waals surface area contributed by atoms with Crippen LogP contribution in [0.15, 0.2) is 34.1 Å². The highest BCUT2D eigenvalue weighted by atomic mass is 32.2. The molecule has 3 nitrogen and oxygen atoms in total. The minimum atomic E-state index is -4.07. The van der Waals surface area contributed by atoms with E-state index in [1.54, 1.807) is 0 Å². The van der Waals surface area contributed by atoms with Crippen molar-refractivity contribution in [3.63, 3.8) is 0 Å². The van der Waals surface area contributed by atoms with Crippen molar-refractivity contribution < 1.29 is 13.0 Å². The molecule has 59 valence electrons. The lowest BCUT2D eigenvalue weighted by Crippen LogP contribution is -1.96. The molecule has 1 rings (SSSR count). The monoisotopic (exact) mass is 189 g/mol. The van der Waals surface area contributed by atoms with Crippen molar-refractivity contribution in [1.82, 2.24) is 0 Å². The minimum Gasteiger partial charge on any atom is -0.282 e. The maximum atomic E-state index is 10.5. The van der Waals surface area contributed by atoms with Gasteiger partial charge in [0.25, 0.3) is 10.1 Å². The number of hydrogen-bond acceptors (Lipinski definition) is 2. The molecule has 1 N–H and O–H groups in total. The molecule has 0 atom stereocenters. The van der Waals surface area contributed by atoms with Crippen LogP contribution < -0.4 is 0 Å². The molecule has 0 unspecified atom stereocenters. The molecule has 0 fully saturated rings. The van der Waals surface area contributed by atoms with Gasteiger partial charge in [-0.05, 0) is 24.3 Å². The highest BCUT2D eigenvalue weighted by Gasteiger charge is 2.07. The Balaban J connectivity index is 3.20. The predicted molar refractivity (Wildman–Crippen MR) is 42.1 cm³/mol. The third-order valence-electron chi connectivity index (χ3n) is 1.12. The highest BCUT2D eigenvalue weighted by molar-refractivity contribution is 7.85. The quantitative estimate of drug-likeness (QED) is 0.681. The largest absolute Gasteiger partial charge is 0.294 e. The molecule has 1 aromatic rings. The van der Waals surface area contributed by atoms with Crippen LogP contribution >= 0.6 is 12.6 Å². The Kier molecular flexibility index (Phi) is 2.12. The average Bonchev–Trinajstić information content (AvgIpc) is 1.86. The Hall–Kier alpha value is -0.650. The summed E-state index contributed by atoms with van der Waals surface area (Å²) in [6.45, 7) is 0. The molecule has 0 saturated heterocycles. The van der Waals surface area contributed by atoms with E-state index < -0.39 is 10.1 Å². The first-order valence-corrected chi connectivity index (χ1v) is 4.59. The Morgan fingerprint density at radius 3 is 2.00 bits per heavy atom. The summed E-state index contributed by atoms with van der Waals surface area (Å²) in [5.41, 5.74) is 0. The van der Waals surface area contributed by atoms with Gasteiger partial charge in [-0.3, -0.25) is 4.55 Å². The molecular formula is C6H5O3S2. The zero-order chi connectivity index (χ0) is 8.48. The van der Waals surface area contributed by atoms with E-state index in [0.717, 1.165) is 0 Å². The summed E-state index contributed by atoms with van der Waals surface area (Å²) in [5.74, 6) is 0. The first kappa shape index (κ1) is 8.45. The molecule has 0 heterocycles. The molecule has 0 aliphatic rings. The van der Waals surface area contributed by atoms with E-state index >= 15 is 0 Å².